The molecule has 1 saturated carbocycles. The molecule has 19 heavy (non-hydrogen) atoms. The van der Waals surface area contributed by atoms with Gasteiger partial charge in [0.25, 0.3) is 0 Å². The first-order valence-corrected chi connectivity index (χ1v) is 7.06. The van der Waals surface area contributed by atoms with Gasteiger partial charge in [0.05, 0.1) is 18.9 Å². The van der Waals surface area contributed by atoms with Gasteiger partial charge < -0.3 is 14.8 Å². The molecule has 3 rings (SSSR count). The molecule has 2 aliphatic rings. The number of fused-ring (bicyclic) bond motifs is 1. The van der Waals surface area contributed by atoms with E-state index in [-0.39, 0.29) is 5.60 Å². The summed E-state index contributed by atoms with van der Waals surface area (Å²) in [5.41, 5.74) is 1.98. The number of methoxy groups -OCH3 is 1. The quantitative estimate of drug-likeness (QED) is 0.900. The zero-order chi connectivity index (χ0) is 13.3. The van der Waals surface area contributed by atoms with E-state index in [1.807, 2.05) is 0 Å². The maximum Gasteiger partial charge on any atom is 0.162 e. The number of hydrogen-bond acceptors (Lipinski definition) is 5. The van der Waals surface area contributed by atoms with Crippen molar-refractivity contribution in [3.8, 4) is 0 Å². The smallest absolute Gasteiger partial charge is 0.162 e. The highest BCUT2D eigenvalue weighted by Crippen LogP contribution is 2.43. The zero-order valence-electron chi connectivity index (χ0n) is 11.7. The van der Waals surface area contributed by atoms with Gasteiger partial charge in [-0.3, -0.25) is 0 Å². The first-order chi connectivity index (χ1) is 9.29. The summed E-state index contributed by atoms with van der Waals surface area (Å²) in [6, 6.07) is 0. The van der Waals surface area contributed by atoms with Gasteiger partial charge in [0, 0.05) is 25.6 Å². The summed E-state index contributed by atoms with van der Waals surface area (Å²) in [5.74, 6) is 1.77. The number of anilines is 1. The van der Waals surface area contributed by atoms with E-state index >= 15 is 0 Å². The molecule has 0 saturated heterocycles. The first-order valence-electron chi connectivity index (χ1n) is 7.06. The molecule has 0 unspecified atom stereocenters. The third-order valence-corrected chi connectivity index (χ3v) is 4.13. The summed E-state index contributed by atoms with van der Waals surface area (Å²) in [6.45, 7) is 4.28. The predicted octanol–water partition coefficient (Wildman–Crippen LogP) is 2.01. The van der Waals surface area contributed by atoms with E-state index in [9.17, 15) is 0 Å². The van der Waals surface area contributed by atoms with Gasteiger partial charge in [-0.05, 0) is 26.2 Å². The average molecular weight is 263 g/mol. The monoisotopic (exact) mass is 263 g/mol. The Morgan fingerprint density at radius 3 is 2.84 bits per heavy atom. The first kappa shape index (κ1) is 12.8. The van der Waals surface area contributed by atoms with E-state index in [4.69, 9.17) is 19.4 Å². The van der Waals surface area contributed by atoms with Crippen LogP contribution in [0.4, 0.5) is 5.82 Å². The lowest BCUT2D eigenvalue weighted by Crippen LogP contribution is -2.39. The maximum absolute atomic E-state index is 5.70. The minimum Gasteiger partial charge on any atom is -0.376 e. The molecule has 0 atom stereocenters. The highest BCUT2D eigenvalue weighted by atomic mass is 16.5. The topological polar surface area (TPSA) is 56.3 Å². The highest BCUT2D eigenvalue weighted by molar-refractivity contribution is 5.47. The fourth-order valence-electron chi connectivity index (χ4n) is 2.77. The van der Waals surface area contributed by atoms with Crippen molar-refractivity contribution in [2.45, 2.75) is 44.8 Å². The maximum atomic E-state index is 5.70. The summed E-state index contributed by atoms with van der Waals surface area (Å²) in [5, 5.41) is 3.33. The summed E-state index contributed by atoms with van der Waals surface area (Å²) >= 11 is 0. The molecular formula is C14H21N3O2. The summed E-state index contributed by atoms with van der Waals surface area (Å²) in [4.78, 5) is 9.48. The number of nitrogens with one attached hydrogen (secondary N) is 1. The van der Waals surface area contributed by atoms with Gasteiger partial charge in [0.2, 0.25) is 0 Å². The van der Waals surface area contributed by atoms with Crippen LogP contribution in [0.15, 0.2) is 0 Å². The summed E-state index contributed by atoms with van der Waals surface area (Å²) in [6.07, 6.45) is 4.09. The molecule has 1 fully saturated rings. The normalized spacial score (nSPS) is 20.5. The van der Waals surface area contributed by atoms with Crippen LogP contribution in [0, 0.1) is 0 Å². The molecule has 2 heterocycles. The Bertz CT molecular complexity index is 466. The van der Waals surface area contributed by atoms with Gasteiger partial charge in [-0.25, -0.2) is 9.97 Å². The van der Waals surface area contributed by atoms with E-state index in [0.717, 1.165) is 55.3 Å². The van der Waals surface area contributed by atoms with Crippen LogP contribution >= 0.6 is 0 Å². The van der Waals surface area contributed by atoms with Gasteiger partial charge >= 0.3 is 0 Å². The van der Waals surface area contributed by atoms with Gasteiger partial charge in [-0.15, -0.1) is 0 Å². The predicted molar refractivity (Wildman–Crippen MR) is 72.1 cm³/mol. The van der Waals surface area contributed by atoms with Gasteiger partial charge in [-0.2, -0.15) is 0 Å². The SMILES string of the molecule is CCNc1nc(C2(OC)CCC2)nc2c1COCC2. The number of ether oxygens (including phenoxy) is 2. The minimum absolute atomic E-state index is 0.252. The molecule has 1 aliphatic heterocycles. The lowest BCUT2D eigenvalue weighted by Gasteiger charge is -2.39. The largest absolute Gasteiger partial charge is 0.376 e. The highest BCUT2D eigenvalue weighted by Gasteiger charge is 2.42. The van der Waals surface area contributed by atoms with Crippen molar-refractivity contribution in [3.63, 3.8) is 0 Å². The fraction of sp³-hybridized carbons (Fsp3) is 0.714. The zero-order valence-corrected chi connectivity index (χ0v) is 11.7. The van der Waals surface area contributed by atoms with Crippen LogP contribution in [0.1, 0.15) is 43.3 Å². The number of aromatic nitrogens is 2. The molecule has 0 bridgehead atoms. The fourth-order valence-corrected chi connectivity index (χ4v) is 2.77. The van der Waals surface area contributed by atoms with E-state index < -0.39 is 0 Å². The van der Waals surface area contributed by atoms with Crippen molar-refractivity contribution in [1.29, 1.82) is 0 Å². The standard InChI is InChI=1S/C14H21N3O2/c1-3-15-12-10-9-19-8-5-11(10)16-13(17-12)14(18-2)6-4-7-14/h3-9H2,1-2H3,(H,15,16,17). The van der Waals surface area contributed by atoms with Crippen molar-refractivity contribution < 1.29 is 9.47 Å². The Kier molecular flexibility index (Phi) is 3.41. The van der Waals surface area contributed by atoms with Gasteiger partial charge in [0.15, 0.2) is 5.82 Å². The molecule has 0 radical (unpaired) electrons. The molecule has 0 spiro atoms. The van der Waals surface area contributed by atoms with Crippen LogP contribution < -0.4 is 5.32 Å². The molecule has 1 aromatic rings. The molecule has 104 valence electrons. The van der Waals surface area contributed by atoms with Crippen molar-refractivity contribution >= 4 is 5.82 Å². The van der Waals surface area contributed by atoms with Crippen molar-refractivity contribution in [1.82, 2.24) is 9.97 Å². The van der Waals surface area contributed by atoms with Gasteiger partial charge in [0.1, 0.15) is 11.4 Å². The third-order valence-electron chi connectivity index (χ3n) is 4.13. The Morgan fingerprint density at radius 2 is 2.21 bits per heavy atom. The van der Waals surface area contributed by atoms with E-state index in [1.165, 1.54) is 6.42 Å². The Hall–Kier alpha value is -1.20. The Labute approximate surface area is 113 Å². The molecule has 1 aliphatic carbocycles. The average Bonchev–Trinajstić information content (AvgIpc) is 2.38. The van der Waals surface area contributed by atoms with Crippen molar-refractivity contribution in [2.24, 2.45) is 0 Å². The number of rotatable bonds is 4. The van der Waals surface area contributed by atoms with Crippen LogP contribution in [0.25, 0.3) is 0 Å². The van der Waals surface area contributed by atoms with Crippen molar-refractivity contribution in [2.75, 3.05) is 25.6 Å². The second kappa shape index (κ2) is 5.06. The van der Waals surface area contributed by atoms with Crippen molar-refractivity contribution in [3.05, 3.63) is 17.1 Å². The summed E-state index contributed by atoms with van der Waals surface area (Å²) in [7, 11) is 1.76. The molecule has 5 heteroatoms. The third kappa shape index (κ3) is 2.11. The van der Waals surface area contributed by atoms with E-state index in [1.54, 1.807) is 7.11 Å². The molecule has 0 amide bonds. The Balaban J connectivity index is 2.03. The Morgan fingerprint density at radius 1 is 1.37 bits per heavy atom. The minimum atomic E-state index is -0.252. The van der Waals surface area contributed by atoms with Crippen LogP contribution in [0.2, 0.25) is 0 Å². The number of nitrogens with zero attached hydrogens (tertiary/aromatic N) is 2. The molecule has 0 aromatic carbocycles. The summed E-state index contributed by atoms with van der Waals surface area (Å²) < 4.78 is 11.2. The van der Waals surface area contributed by atoms with Gasteiger partial charge in [-0.1, -0.05) is 0 Å². The molecule has 5 nitrogen and oxygen atoms in total. The van der Waals surface area contributed by atoms with Crippen LogP contribution in [0.3, 0.4) is 0 Å². The second-order valence-electron chi connectivity index (χ2n) is 5.21. The molecular weight excluding hydrogens is 242 g/mol. The second-order valence-corrected chi connectivity index (χ2v) is 5.21. The van der Waals surface area contributed by atoms with E-state index in [0.29, 0.717) is 6.61 Å². The number of hydrogen-bond donors (Lipinski definition) is 1. The molecule has 1 N–H and O–H groups in total. The van der Waals surface area contributed by atoms with Crippen LogP contribution in [-0.4, -0.2) is 30.2 Å². The lowest BCUT2D eigenvalue weighted by molar-refractivity contribution is -0.0848. The van der Waals surface area contributed by atoms with Crippen LogP contribution in [-0.2, 0) is 28.1 Å². The van der Waals surface area contributed by atoms with Crippen LogP contribution in [0.5, 0.6) is 0 Å². The lowest BCUT2D eigenvalue weighted by atomic mass is 9.79. The van der Waals surface area contributed by atoms with E-state index in [2.05, 4.69) is 12.2 Å². The molecule has 1 aromatic heterocycles.